The normalized spacial score (nSPS) is 12.2. The van der Waals surface area contributed by atoms with Crippen LogP contribution in [-0.4, -0.2) is 25.6 Å². The average molecular weight is 408 g/mol. The van der Waals surface area contributed by atoms with E-state index in [4.69, 9.17) is 25.1 Å². The summed E-state index contributed by atoms with van der Waals surface area (Å²) in [5.41, 5.74) is 0. The quantitative estimate of drug-likeness (QED) is 0.245. The number of nitrogens with zero attached hydrogens (tertiary/aromatic N) is 1. The summed E-state index contributed by atoms with van der Waals surface area (Å²) in [5.74, 6) is 6.02. The van der Waals surface area contributed by atoms with Gasteiger partial charge in [0.2, 0.25) is 0 Å². The number of Topliss-reactive ketones (excluding diaryl/α,β-unsaturated/α-hetero) is 2. The van der Waals surface area contributed by atoms with E-state index in [0.29, 0.717) is 48.5 Å². The van der Waals surface area contributed by atoms with Gasteiger partial charge in [-0.15, -0.1) is 36.4 Å². The van der Waals surface area contributed by atoms with Crippen molar-refractivity contribution in [2.75, 3.05) is 5.75 Å². The van der Waals surface area contributed by atoms with E-state index in [0.717, 1.165) is 18.6 Å². The third-order valence-electron chi connectivity index (χ3n) is 3.57. The van der Waals surface area contributed by atoms with Crippen molar-refractivity contribution in [2.24, 2.45) is 0 Å². The lowest BCUT2D eigenvalue weighted by Crippen LogP contribution is -2.20. The summed E-state index contributed by atoms with van der Waals surface area (Å²) in [6.45, 7) is 1.80. The number of ketones is 2. The molecule has 1 atom stereocenters. The third-order valence-corrected chi connectivity index (χ3v) is 6.42. The Balaban J connectivity index is 4.09. The lowest BCUT2D eigenvalue weighted by Gasteiger charge is -2.20. The molecule has 0 rings (SSSR count). The molecule has 0 fully saturated rings. The van der Waals surface area contributed by atoms with Crippen LogP contribution in [0.2, 0.25) is 0 Å². The molecule has 6 heteroatoms. The minimum Gasteiger partial charge on any atom is -0.300 e. The van der Waals surface area contributed by atoms with Crippen LogP contribution in [0.15, 0.2) is 0 Å². The highest BCUT2D eigenvalue weighted by Crippen LogP contribution is 2.35. The van der Waals surface area contributed by atoms with E-state index in [1.54, 1.807) is 6.92 Å². The summed E-state index contributed by atoms with van der Waals surface area (Å²) >= 11 is 8.15. The molecule has 0 aromatic heterocycles. The molecule has 0 aliphatic carbocycles. The first-order valence-electron chi connectivity index (χ1n) is 8.54. The molecule has 0 spiro atoms. The van der Waals surface area contributed by atoms with Crippen LogP contribution in [0.1, 0.15) is 64.7 Å². The summed E-state index contributed by atoms with van der Waals surface area (Å²) in [6, 6.07) is 2.26. The lowest BCUT2D eigenvalue weighted by molar-refractivity contribution is -0.119. The minimum absolute atomic E-state index is 0.0759. The van der Waals surface area contributed by atoms with Crippen molar-refractivity contribution >= 4 is 50.8 Å². The second kappa shape index (κ2) is 14.9. The number of hydrogen-bond donors (Lipinski definition) is 0. The Bertz CT molecular complexity index is 610. The molecule has 0 radical (unpaired) electrons. The predicted molar refractivity (Wildman–Crippen MR) is 116 cm³/mol. The van der Waals surface area contributed by atoms with Crippen LogP contribution in [0, 0.1) is 36.0 Å². The number of carbonyl (C=O) groups excluding carboxylic acids is 2. The van der Waals surface area contributed by atoms with Crippen molar-refractivity contribution in [2.45, 2.75) is 69.5 Å². The van der Waals surface area contributed by atoms with Gasteiger partial charge in [0, 0.05) is 38.5 Å². The largest absolute Gasteiger partial charge is 0.300 e. The van der Waals surface area contributed by atoms with Gasteiger partial charge in [0.15, 0.2) is 0 Å². The number of thioether (sulfide) groups is 2. The van der Waals surface area contributed by atoms with Gasteiger partial charge in [-0.1, -0.05) is 24.0 Å². The van der Waals surface area contributed by atoms with Crippen molar-refractivity contribution in [3.05, 3.63) is 0 Å². The van der Waals surface area contributed by atoms with Crippen LogP contribution in [0.25, 0.3) is 0 Å². The standard InChI is InChI=1S/C20H25NO2S3/c1-4-6-8-11-17(22)12-9-15-25-19(24)26-20(3,16-21)14-13-18(23)10-7-5-2/h1-2H,6-15H2,3H3. The smallest absolute Gasteiger partial charge is 0.133 e. The SMILES string of the molecule is C#CCCCC(=O)CCCSC(=S)SC(C)(C#N)CCC(=O)CCC#C. The number of hydrogen-bond acceptors (Lipinski definition) is 6. The zero-order chi connectivity index (χ0) is 19.8. The van der Waals surface area contributed by atoms with E-state index < -0.39 is 4.75 Å². The first-order chi connectivity index (χ1) is 12.4. The molecule has 1 unspecified atom stereocenters. The molecule has 140 valence electrons. The Morgan fingerprint density at radius 2 is 1.65 bits per heavy atom. The maximum atomic E-state index is 11.7. The fourth-order valence-electron chi connectivity index (χ4n) is 2.00. The van der Waals surface area contributed by atoms with Crippen LogP contribution < -0.4 is 0 Å². The fourth-order valence-corrected chi connectivity index (χ4v) is 4.91. The highest BCUT2D eigenvalue weighted by atomic mass is 32.2. The van der Waals surface area contributed by atoms with Crippen molar-refractivity contribution in [3.63, 3.8) is 0 Å². The second-order valence-electron chi connectivity index (χ2n) is 5.99. The summed E-state index contributed by atoms with van der Waals surface area (Å²) in [7, 11) is 0. The van der Waals surface area contributed by atoms with Crippen LogP contribution in [0.4, 0.5) is 0 Å². The average Bonchev–Trinajstić information content (AvgIpc) is 2.62. The number of rotatable bonds is 13. The zero-order valence-electron chi connectivity index (χ0n) is 15.2. The summed E-state index contributed by atoms with van der Waals surface area (Å²) < 4.78 is -0.0501. The van der Waals surface area contributed by atoms with Crippen molar-refractivity contribution in [1.29, 1.82) is 5.26 Å². The first kappa shape index (κ1) is 24.7. The van der Waals surface area contributed by atoms with Gasteiger partial charge in [0.1, 0.15) is 19.8 Å². The molecule has 26 heavy (non-hydrogen) atoms. The van der Waals surface area contributed by atoms with E-state index in [2.05, 4.69) is 17.9 Å². The molecule has 0 aliphatic heterocycles. The summed E-state index contributed by atoms with van der Waals surface area (Å²) in [5, 5.41) is 9.43. The van der Waals surface area contributed by atoms with Crippen molar-refractivity contribution in [3.8, 4) is 30.8 Å². The van der Waals surface area contributed by atoms with Gasteiger partial charge in [-0.25, -0.2) is 0 Å². The molecule has 0 amide bonds. The number of carbonyl (C=O) groups is 2. The maximum Gasteiger partial charge on any atom is 0.133 e. The third kappa shape index (κ3) is 13.0. The second-order valence-corrected chi connectivity index (χ2v) is 9.79. The number of nitriles is 1. The van der Waals surface area contributed by atoms with E-state index >= 15 is 0 Å². The molecule has 0 aliphatic rings. The summed E-state index contributed by atoms with van der Waals surface area (Å²) in [6.07, 6.45) is 15.1. The summed E-state index contributed by atoms with van der Waals surface area (Å²) in [4.78, 5) is 23.4. The Morgan fingerprint density at radius 3 is 2.27 bits per heavy atom. The van der Waals surface area contributed by atoms with E-state index in [9.17, 15) is 14.9 Å². The van der Waals surface area contributed by atoms with E-state index in [1.807, 2.05) is 0 Å². The van der Waals surface area contributed by atoms with Crippen LogP contribution in [0.3, 0.4) is 0 Å². The van der Waals surface area contributed by atoms with Gasteiger partial charge >= 0.3 is 0 Å². The highest BCUT2D eigenvalue weighted by molar-refractivity contribution is 8.47. The fraction of sp³-hybridized carbons (Fsp3) is 0.600. The maximum absolute atomic E-state index is 11.7. The molecule has 0 bridgehead atoms. The topological polar surface area (TPSA) is 57.9 Å². The molecular weight excluding hydrogens is 382 g/mol. The van der Waals surface area contributed by atoms with Gasteiger partial charge in [-0.3, -0.25) is 9.59 Å². The lowest BCUT2D eigenvalue weighted by atomic mass is 10.0. The number of thiocarbonyl (C=S) groups is 1. The number of terminal acetylenes is 2. The monoisotopic (exact) mass is 407 g/mol. The van der Waals surface area contributed by atoms with Gasteiger partial charge in [0.25, 0.3) is 0 Å². The molecule has 0 aromatic carbocycles. The van der Waals surface area contributed by atoms with Gasteiger partial charge in [-0.2, -0.15) is 5.26 Å². The first-order valence-corrected chi connectivity index (χ1v) is 10.7. The van der Waals surface area contributed by atoms with Gasteiger partial charge in [0.05, 0.1) is 6.07 Å². The van der Waals surface area contributed by atoms with Crippen LogP contribution >= 0.6 is 35.7 Å². The molecule has 0 saturated carbocycles. The Kier molecular flexibility index (Phi) is 14.1. The van der Waals surface area contributed by atoms with E-state index in [1.165, 1.54) is 23.5 Å². The van der Waals surface area contributed by atoms with Gasteiger partial charge < -0.3 is 0 Å². The molecule has 0 aromatic rings. The van der Waals surface area contributed by atoms with Crippen molar-refractivity contribution < 1.29 is 9.59 Å². The zero-order valence-corrected chi connectivity index (χ0v) is 17.7. The van der Waals surface area contributed by atoms with Crippen LogP contribution in [-0.2, 0) is 9.59 Å². The van der Waals surface area contributed by atoms with E-state index in [-0.39, 0.29) is 11.6 Å². The molecule has 3 nitrogen and oxygen atoms in total. The molecule has 0 N–H and O–H groups in total. The highest BCUT2D eigenvalue weighted by Gasteiger charge is 2.27. The van der Waals surface area contributed by atoms with Gasteiger partial charge in [-0.05, 0) is 31.9 Å². The Morgan fingerprint density at radius 1 is 1.04 bits per heavy atom. The molecule has 0 heterocycles. The minimum atomic E-state index is -0.721. The van der Waals surface area contributed by atoms with Crippen molar-refractivity contribution in [1.82, 2.24) is 0 Å². The molecular formula is C20H25NO2S3. The van der Waals surface area contributed by atoms with Crippen LogP contribution in [0.5, 0.6) is 0 Å². The number of unbranched alkanes of at least 4 members (excludes halogenated alkanes) is 1. The molecule has 0 saturated heterocycles. The Labute approximate surface area is 171 Å². The Hall–Kier alpha value is -1.26. The predicted octanol–water partition coefficient (Wildman–Crippen LogP) is 4.94.